The van der Waals surface area contributed by atoms with Crippen molar-refractivity contribution in [1.29, 1.82) is 0 Å². The van der Waals surface area contributed by atoms with E-state index in [1.807, 2.05) is 36.4 Å². The molecule has 2 N–H and O–H groups in total. The molecule has 3 amide bonds. The van der Waals surface area contributed by atoms with E-state index in [9.17, 15) is 14.7 Å². The van der Waals surface area contributed by atoms with Crippen molar-refractivity contribution in [1.82, 2.24) is 10.2 Å². The molecule has 3 aliphatic rings. The Balaban J connectivity index is 0.000000194. The summed E-state index contributed by atoms with van der Waals surface area (Å²) >= 11 is 0. The molecule has 0 bridgehead atoms. The molecule has 0 aromatic heterocycles. The highest BCUT2D eigenvalue weighted by Gasteiger charge is 2.39. The number of carbonyl (C=O) groups excluding carboxylic acids is 2. The topological polar surface area (TPSA) is 69.6 Å². The summed E-state index contributed by atoms with van der Waals surface area (Å²) in [4.78, 5) is 24.9. The normalized spacial score (nSPS) is 18.6. The number of aliphatic hydroxyl groups excluding tert-OH is 1. The van der Waals surface area contributed by atoms with Gasteiger partial charge in [0.05, 0.1) is 19.7 Å². The Bertz CT molecular complexity index is 2180. The van der Waals surface area contributed by atoms with E-state index >= 15 is 0 Å². The molecular formula is C51H62N2O3. The molecule has 0 saturated carbocycles. The van der Waals surface area contributed by atoms with Gasteiger partial charge in [0.15, 0.2) is 0 Å². The van der Waals surface area contributed by atoms with Crippen LogP contribution in [0.5, 0.6) is 0 Å². The molecule has 0 spiro atoms. The zero-order chi connectivity index (χ0) is 41.0. The van der Waals surface area contributed by atoms with Crippen molar-refractivity contribution in [3.05, 3.63) is 153 Å². The Morgan fingerprint density at radius 3 is 1.30 bits per heavy atom. The number of nitrogens with one attached hydrogen (secondary N) is 1. The molecule has 5 nitrogen and oxygen atoms in total. The molecule has 0 radical (unpaired) electrons. The van der Waals surface area contributed by atoms with E-state index in [1.54, 1.807) is 0 Å². The fourth-order valence-electron chi connectivity index (χ4n) is 8.83. The zero-order valence-electron chi connectivity index (χ0n) is 35.5. The third-order valence-corrected chi connectivity index (χ3v) is 13.1. The smallest absolute Gasteiger partial charge is 0.324 e. The van der Waals surface area contributed by atoms with Crippen LogP contribution in [0.4, 0.5) is 4.79 Å². The summed E-state index contributed by atoms with van der Waals surface area (Å²) in [5.41, 5.74) is 17.7. The number of benzene rings is 4. The van der Waals surface area contributed by atoms with Gasteiger partial charge in [0, 0.05) is 0 Å². The number of rotatable bonds is 7. The summed E-state index contributed by atoms with van der Waals surface area (Å²) in [6.07, 6.45) is 4.83. The number of aryl methyl sites for hydroxylation is 2. The molecule has 4 aromatic rings. The molecule has 294 valence electrons. The van der Waals surface area contributed by atoms with Gasteiger partial charge in [0.25, 0.3) is 0 Å². The molecular weight excluding hydrogens is 689 g/mol. The fourth-order valence-corrected chi connectivity index (χ4v) is 8.83. The second-order valence-corrected chi connectivity index (χ2v) is 19.1. The molecule has 1 heterocycles. The minimum Gasteiger partial charge on any atom is -0.392 e. The summed E-state index contributed by atoms with van der Waals surface area (Å²) in [5.74, 6) is -0.186. The van der Waals surface area contributed by atoms with Gasteiger partial charge in [-0.15, -0.1) is 0 Å². The first-order valence-electron chi connectivity index (χ1n) is 20.2. The molecule has 56 heavy (non-hydrogen) atoms. The second-order valence-electron chi connectivity index (χ2n) is 19.1. The lowest BCUT2D eigenvalue weighted by molar-refractivity contribution is -0.125. The van der Waals surface area contributed by atoms with E-state index in [0.717, 1.165) is 33.4 Å². The van der Waals surface area contributed by atoms with E-state index in [2.05, 4.69) is 124 Å². The van der Waals surface area contributed by atoms with Crippen molar-refractivity contribution in [2.24, 2.45) is 0 Å². The Morgan fingerprint density at radius 1 is 0.607 bits per heavy atom. The number of carbonyl (C=O) groups is 2. The van der Waals surface area contributed by atoms with Gasteiger partial charge in [0.2, 0.25) is 5.91 Å². The van der Waals surface area contributed by atoms with Gasteiger partial charge in [-0.25, -0.2) is 4.79 Å². The molecule has 2 aliphatic carbocycles. The minimum absolute atomic E-state index is 0.0773. The summed E-state index contributed by atoms with van der Waals surface area (Å²) in [5, 5.41) is 11.8. The van der Waals surface area contributed by atoms with Crippen molar-refractivity contribution in [3.63, 3.8) is 0 Å². The molecule has 5 heteroatoms. The number of amides is 3. The highest BCUT2D eigenvalue weighted by atomic mass is 16.3. The number of hydrogen-bond donors (Lipinski definition) is 2. The van der Waals surface area contributed by atoms with Crippen LogP contribution in [0.1, 0.15) is 148 Å². The second kappa shape index (κ2) is 15.0. The number of aliphatic hydroxyl groups is 1. The highest BCUT2D eigenvalue weighted by Crippen LogP contribution is 2.49. The van der Waals surface area contributed by atoms with Crippen molar-refractivity contribution < 1.29 is 14.7 Å². The molecule has 1 fully saturated rings. The maximum absolute atomic E-state index is 11.8. The summed E-state index contributed by atoms with van der Waals surface area (Å²) in [6, 6.07) is 25.2. The summed E-state index contributed by atoms with van der Waals surface area (Å²) in [7, 11) is 0. The van der Waals surface area contributed by atoms with Crippen LogP contribution in [-0.2, 0) is 39.6 Å². The Labute approximate surface area is 335 Å². The Hall–Kier alpha value is -4.74. The average Bonchev–Trinajstić information content (AvgIpc) is 3.47. The quantitative estimate of drug-likeness (QED) is 0.185. The predicted octanol–water partition coefficient (Wildman–Crippen LogP) is 11.4. The lowest BCUT2D eigenvalue weighted by Gasteiger charge is -2.42. The minimum atomic E-state index is -0.325. The number of fused-ring (bicyclic) bond motifs is 2. The van der Waals surface area contributed by atoms with Gasteiger partial charge in [0.1, 0.15) is 0 Å². The number of nitrogens with zero attached hydrogens (tertiary/aromatic N) is 1. The van der Waals surface area contributed by atoms with Crippen molar-refractivity contribution in [2.45, 2.75) is 130 Å². The largest absolute Gasteiger partial charge is 0.392 e. The van der Waals surface area contributed by atoms with Crippen LogP contribution in [0.15, 0.2) is 86.0 Å². The van der Waals surface area contributed by atoms with Crippen LogP contribution in [-0.4, -0.2) is 28.5 Å². The number of urea groups is 1. The van der Waals surface area contributed by atoms with Crippen molar-refractivity contribution in [2.75, 3.05) is 6.54 Å². The molecule has 7 rings (SSSR count). The first kappa shape index (κ1) is 40.9. The van der Waals surface area contributed by atoms with Crippen LogP contribution in [0, 0.1) is 13.8 Å². The van der Waals surface area contributed by atoms with Crippen LogP contribution in [0.3, 0.4) is 0 Å². The van der Waals surface area contributed by atoms with E-state index < -0.39 is 0 Å². The van der Waals surface area contributed by atoms with Gasteiger partial charge in [-0.05, 0) is 139 Å². The zero-order valence-corrected chi connectivity index (χ0v) is 35.5. The van der Waals surface area contributed by atoms with Gasteiger partial charge in [-0.1, -0.05) is 141 Å². The third-order valence-electron chi connectivity index (χ3n) is 13.1. The third kappa shape index (κ3) is 7.93. The summed E-state index contributed by atoms with van der Waals surface area (Å²) in [6.45, 7) is 32.4. The van der Waals surface area contributed by atoms with Crippen LogP contribution < -0.4 is 5.32 Å². The lowest BCUT2D eigenvalue weighted by Crippen LogP contribution is -2.34. The average molecular weight is 751 g/mol. The maximum atomic E-state index is 11.8. The lowest BCUT2D eigenvalue weighted by atomic mass is 9.62. The van der Waals surface area contributed by atoms with E-state index in [-0.39, 0.29) is 46.7 Å². The van der Waals surface area contributed by atoms with Crippen molar-refractivity contribution >= 4 is 23.1 Å². The summed E-state index contributed by atoms with van der Waals surface area (Å²) < 4.78 is 0. The maximum Gasteiger partial charge on any atom is 0.324 e. The Morgan fingerprint density at radius 2 is 0.964 bits per heavy atom. The van der Waals surface area contributed by atoms with E-state index in [1.165, 1.54) is 75.1 Å². The Kier molecular flexibility index (Phi) is 10.9. The van der Waals surface area contributed by atoms with E-state index in [4.69, 9.17) is 0 Å². The first-order valence-corrected chi connectivity index (χ1v) is 20.2. The van der Waals surface area contributed by atoms with Gasteiger partial charge >= 0.3 is 6.03 Å². The SMILES string of the molecule is C=C(c1ccc(CN2C(=O)CNC2=O)cc1)c1cc2c(cc1C)C(C)(C)CCC2(C)C.C=C(c1ccc(CO)cc1)c1cc2c(cc1C)C(C)(C)CCC2(C)C. The highest BCUT2D eigenvalue weighted by molar-refractivity contribution is 6.01. The number of imide groups is 1. The van der Waals surface area contributed by atoms with Crippen LogP contribution >= 0.6 is 0 Å². The monoisotopic (exact) mass is 750 g/mol. The van der Waals surface area contributed by atoms with E-state index in [0.29, 0.717) is 6.54 Å². The molecule has 4 aromatic carbocycles. The van der Waals surface area contributed by atoms with Gasteiger partial charge in [-0.2, -0.15) is 0 Å². The van der Waals surface area contributed by atoms with Crippen LogP contribution in [0.25, 0.3) is 11.1 Å². The molecule has 1 saturated heterocycles. The van der Waals surface area contributed by atoms with Gasteiger partial charge in [-0.3, -0.25) is 9.69 Å². The first-order chi connectivity index (χ1) is 26.1. The molecule has 0 atom stereocenters. The van der Waals surface area contributed by atoms with Crippen molar-refractivity contribution in [3.8, 4) is 0 Å². The predicted molar refractivity (Wildman–Crippen MR) is 232 cm³/mol. The standard InChI is InChI=1S/C27H32N2O2.C24H30O/c1-17-13-22-23(27(5,6)12-11-26(22,3)4)14-21(17)18(2)20-9-7-19(8-10-20)16-29-24(30)15-28-25(29)31;1-16-13-21-22(24(5,6)12-11-23(21,3)4)14-20(16)17(2)19-9-7-18(15-25)8-10-19/h7-10,13-14H,2,11-12,15-16H2,1,3-6H3,(H,28,31);7-10,13-14,25H,2,11-12,15H2,1,3-6H3. The molecule has 1 aliphatic heterocycles. The van der Waals surface area contributed by atoms with Gasteiger partial charge < -0.3 is 10.4 Å². The number of hydrogen-bond acceptors (Lipinski definition) is 3. The fraction of sp³-hybridized carbons (Fsp3) is 0.412. The van der Waals surface area contributed by atoms with Crippen LogP contribution in [0.2, 0.25) is 0 Å². The molecule has 0 unspecified atom stereocenters.